The Kier molecular flexibility index (Phi) is 5.67. The Labute approximate surface area is 182 Å². The van der Waals surface area contributed by atoms with Crippen LogP contribution in [0.25, 0.3) is 23.0 Å². The molecule has 4 heterocycles. The fraction of sp³-hybridized carbons (Fsp3) is 0.227. The number of halogens is 1. The third kappa shape index (κ3) is 3.82. The fourth-order valence-corrected chi connectivity index (χ4v) is 3.39. The van der Waals surface area contributed by atoms with E-state index in [0.717, 1.165) is 0 Å². The quantitative estimate of drug-likeness (QED) is 0.340. The van der Waals surface area contributed by atoms with Crippen LogP contribution in [0.15, 0.2) is 56.7 Å². The molecule has 0 saturated carbocycles. The lowest BCUT2D eigenvalue weighted by atomic mass is 10.2. The predicted molar refractivity (Wildman–Crippen MR) is 117 cm³/mol. The van der Waals surface area contributed by atoms with Gasteiger partial charge in [0.1, 0.15) is 5.76 Å². The Morgan fingerprint density at radius 1 is 1.34 bits per heavy atom. The standard InChI is InChI=1S/C22H21FN6O3/c1-13-8-19(32-27-13)16-10-18(23)21-26-25-20(29(21)12-16)14(2)28-7-5-6-15(22(28)30)9-17(31-4)11-24-3/h5-12,14H,1-4H3/b17-9+,24-11-. The van der Waals surface area contributed by atoms with Gasteiger partial charge < -0.3 is 13.8 Å². The first kappa shape index (κ1) is 21.2. The molecule has 0 fully saturated rings. The molecule has 0 aliphatic carbocycles. The molecule has 0 aliphatic heterocycles. The van der Waals surface area contributed by atoms with Crippen LogP contribution < -0.4 is 5.56 Å². The number of hydrogen-bond acceptors (Lipinski definition) is 7. The minimum absolute atomic E-state index is 0.0526. The van der Waals surface area contributed by atoms with Crippen molar-refractivity contribution in [1.82, 2.24) is 24.3 Å². The van der Waals surface area contributed by atoms with Crippen molar-refractivity contribution in [2.45, 2.75) is 19.9 Å². The molecule has 0 aliphatic rings. The van der Waals surface area contributed by atoms with Gasteiger partial charge in [-0.3, -0.25) is 14.2 Å². The van der Waals surface area contributed by atoms with Crippen LogP contribution in [0.4, 0.5) is 4.39 Å². The van der Waals surface area contributed by atoms with E-state index in [1.54, 1.807) is 57.6 Å². The number of allylic oxidation sites excluding steroid dienone is 1. The molecule has 0 radical (unpaired) electrons. The summed E-state index contributed by atoms with van der Waals surface area (Å²) in [6.45, 7) is 3.57. The molecule has 0 saturated heterocycles. The molecule has 4 rings (SSSR count). The first-order valence-corrected chi connectivity index (χ1v) is 9.79. The summed E-state index contributed by atoms with van der Waals surface area (Å²) in [4.78, 5) is 17.0. The second-order valence-corrected chi connectivity index (χ2v) is 7.15. The first-order valence-electron chi connectivity index (χ1n) is 9.79. The Morgan fingerprint density at radius 2 is 2.16 bits per heavy atom. The summed E-state index contributed by atoms with van der Waals surface area (Å²) in [5, 5.41) is 12.0. The molecule has 4 aromatic rings. The first-order chi connectivity index (χ1) is 15.4. The Hall–Kier alpha value is -4.08. The lowest BCUT2D eigenvalue weighted by Gasteiger charge is -2.14. The molecule has 9 nitrogen and oxygen atoms in total. The van der Waals surface area contributed by atoms with Crippen LogP contribution in [0, 0.1) is 12.7 Å². The van der Waals surface area contributed by atoms with E-state index in [0.29, 0.717) is 34.2 Å². The van der Waals surface area contributed by atoms with Crippen molar-refractivity contribution in [1.29, 1.82) is 0 Å². The van der Waals surface area contributed by atoms with E-state index < -0.39 is 11.9 Å². The largest absolute Gasteiger partial charge is 0.495 e. The van der Waals surface area contributed by atoms with Crippen molar-refractivity contribution in [2.75, 3.05) is 14.2 Å². The van der Waals surface area contributed by atoms with Crippen molar-refractivity contribution in [3.05, 3.63) is 75.7 Å². The van der Waals surface area contributed by atoms with Crippen LogP contribution in [0.2, 0.25) is 0 Å². The van der Waals surface area contributed by atoms with Gasteiger partial charge in [0.2, 0.25) is 0 Å². The summed E-state index contributed by atoms with van der Waals surface area (Å²) >= 11 is 0. The van der Waals surface area contributed by atoms with Crippen LogP contribution in [0.3, 0.4) is 0 Å². The highest BCUT2D eigenvalue weighted by molar-refractivity contribution is 5.82. The molecule has 0 spiro atoms. The predicted octanol–water partition coefficient (Wildman–Crippen LogP) is 3.29. The molecule has 164 valence electrons. The highest BCUT2D eigenvalue weighted by Gasteiger charge is 2.20. The summed E-state index contributed by atoms with van der Waals surface area (Å²) in [6.07, 6.45) is 6.43. The summed E-state index contributed by atoms with van der Waals surface area (Å²) < 4.78 is 28.2. The Morgan fingerprint density at radius 3 is 2.84 bits per heavy atom. The van der Waals surface area contributed by atoms with Gasteiger partial charge in [-0.05, 0) is 38.1 Å². The highest BCUT2D eigenvalue weighted by atomic mass is 19.1. The van der Waals surface area contributed by atoms with Crippen LogP contribution in [0.1, 0.15) is 30.0 Å². The van der Waals surface area contributed by atoms with E-state index in [4.69, 9.17) is 9.26 Å². The number of methoxy groups -OCH3 is 1. The maximum absolute atomic E-state index is 14.7. The van der Waals surface area contributed by atoms with Crippen molar-refractivity contribution in [2.24, 2.45) is 4.99 Å². The van der Waals surface area contributed by atoms with Crippen molar-refractivity contribution < 1.29 is 13.7 Å². The number of ether oxygens (including phenoxy) is 1. The Bertz CT molecular complexity index is 1400. The molecule has 10 heteroatoms. The van der Waals surface area contributed by atoms with E-state index in [1.165, 1.54) is 28.4 Å². The molecule has 0 N–H and O–H groups in total. The monoisotopic (exact) mass is 436 g/mol. The number of aromatic nitrogens is 5. The van der Waals surface area contributed by atoms with Gasteiger partial charge in [0.15, 0.2) is 23.0 Å². The highest BCUT2D eigenvalue weighted by Crippen LogP contribution is 2.25. The van der Waals surface area contributed by atoms with E-state index in [1.807, 2.05) is 0 Å². The number of fused-ring (bicyclic) bond motifs is 1. The van der Waals surface area contributed by atoms with Crippen molar-refractivity contribution in [3.8, 4) is 11.3 Å². The normalized spacial score (nSPS) is 13.2. The molecule has 0 aromatic carbocycles. The molecule has 1 unspecified atom stereocenters. The second-order valence-electron chi connectivity index (χ2n) is 7.15. The van der Waals surface area contributed by atoms with Crippen LogP contribution in [0.5, 0.6) is 0 Å². The zero-order chi connectivity index (χ0) is 22.8. The van der Waals surface area contributed by atoms with E-state index in [2.05, 4.69) is 20.3 Å². The molecular formula is C22H21FN6O3. The maximum atomic E-state index is 14.7. The number of pyridine rings is 2. The third-order valence-corrected chi connectivity index (χ3v) is 4.98. The lowest BCUT2D eigenvalue weighted by Crippen LogP contribution is -2.26. The van der Waals surface area contributed by atoms with E-state index >= 15 is 0 Å². The fourth-order valence-electron chi connectivity index (χ4n) is 3.39. The molecule has 0 bridgehead atoms. The third-order valence-electron chi connectivity index (χ3n) is 4.98. The SMILES string of the molecule is C/N=C\C(=C/c1cccn(C(C)c2nnc3c(F)cc(-c4cc(C)no4)cn23)c1=O)OC. The average Bonchev–Trinajstić information content (AvgIpc) is 3.41. The molecule has 1 atom stereocenters. The number of hydrogen-bond donors (Lipinski definition) is 0. The average molecular weight is 436 g/mol. The maximum Gasteiger partial charge on any atom is 0.258 e. The van der Waals surface area contributed by atoms with Gasteiger partial charge in [-0.1, -0.05) is 5.16 Å². The zero-order valence-electron chi connectivity index (χ0n) is 18.0. The number of nitrogens with zero attached hydrogens (tertiary/aromatic N) is 6. The number of aryl methyl sites for hydroxylation is 1. The zero-order valence-corrected chi connectivity index (χ0v) is 18.0. The van der Waals surface area contributed by atoms with Gasteiger partial charge in [-0.15, -0.1) is 10.2 Å². The van der Waals surface area contributed by atoms with Gasteiger partial charge in [0.25, 0.3) is 5.56 Å². The van der Waals surface area contributed by atoms with Gasteiger partial charge in [0, 0.05) is 36.6 Å². The summed E-state index contributed by atoms with van der Waals surface area (Å²) in [6, 6.07) is 5.91. The minimum atomic E-state index is -0.560. The molecule has 4 aromatic heterocycles. The molecular weight excluding hydrogens is 415 g/mol. The van der Waals surface area contributed by atoms with E-state index in [-0.39, 0.29) is 11.2 Å². The summed E-state index contributed by atoms with van der Waals surface area (Å²) in [5.74, 6) is 0.694. The van der Waals surface area contributed by atoms with Crippen molar-refractivity contribution in [3.63, 3.8) is 0 Å². The van der Waals surface area contributed by atoms with Gasteiger partial charge >= 0.3 is 0 Å². The number of aliphatic imine (C=N–C) groups is 1. The van der Waals surface area contributed by atoms with Crippen molar-refractivity contribution >= 4 is 17.9 Å². The number of rotatable bonds is 6. The lowest BCUT2D eigenvalue weighted by molar-refractivity contribution is 0.320. The smallest absolute Gasteiger partial charge is 0.258 e. The minimum Gasteiger partial charge on any atom is -0.495 e. The molecule has 32 heavy (non-hydrogen) atoms. The second kappa shape index (κ2) is 8.58. The molecule has 0 amide bonds. The van der Waals surface area contributed by atoms with Gasteiger partial charge in [-0.25, -0.2) is 4.39 Å². The summed E-state index contributed by atoms with van der Waals surface area (Å²) in [7, 11) is 3.12. The summed E-state index contributed by atoms with van der Waals surface area (Å²) in [5.41, 5.74) is 1.36. The van der Waals surface area contributed by atoms with Crippen LogP contribution in [-0.2, 0) is 4.74 Å². The topological polar surface area (TPSA) is 99.8 Å². The van der Waals surface area contributed by atoms with E-state index in [9.17, 15) is 9.18 Å². The van der Waals surface area contributed by atoms with Crippen LogP contribution in [-0.4, -0.2) is 44.7 Å². The Balaban J connectivity index is 1.81. The van der Waals surface area contributed by atoms with Gasteiger partial charge in [-0.2, -0.15) is 0 Å². The van der Waals surface area contributed by atoms with Gasteiger partial charge in [0.05, 0.1) is 25.1 Å². The van der Waals surface area contributed by atoms with Crippen LogP contribution >= 0.6 is 0 Å².